The second kappa shape index (κ2) is 4.82. The van der Waals surface area contributed by atoms with Crippen LogP contribution < -0.4 is 15.4 Å². The van der Waals surface area contributed by atoms with Gasteiger partial charge >= 0.3 is 0 Å². The highest BCUT2D eigenvalue weighted by Crippen LogP contribution is 2.35. The maximum Gasteiger partial charge on any atom is 0.268 e. The second-order valence-corrected chi connectivity index (χ2v) is 4.65. The highest BCUT2D eigenvalue weighted by atomic mass is 16.5. The summed E-state index contributed by atoms with van der Waals surface area (Å²) < 4.78 is 5.59. The number of fused-ring (bicyclic) bond motifs is 1. The van der Waals surface area contributed by atoms with Crippen LogP contribution >= 0.6 is 0 Å². The number of anilines is 1. The number of ether oxygens (including phenoxy) is 1. The molecule has 4 heteroatoms. The Hall–Kier alpha value is -1.81. The average molecular weight is 246 g/mol. The van der Waals surface area contributed by atoms with Gasteiger partial charge in [-0.25, -0.2) is 0 Å². The molecular formula is C14H18N2O2. The van der Waals surface area contributed by atoms with Crippen molar-refractivity contribution in [2.75, 3.05) is 11.4 Å². The molecule has 0 aliphatic carbocycles. The normalized spacial score (nSPS) is 18.3. The van der Waals surface area contributed by atoms with E-state index in [-0.39, 0.29) is 5.91 Å². The SMILES string of the molecule is C=C(C)CN1C(=O)C(C)Oc2ccc(CN)cc21. The number of benzene rings is 1. The largest absolute Gasteiger partial charge is 0.479 e. The molecule has 0 saturated heterocycles. The zero-order valence-electron chi connectivity index (χ0n) is 10.8. The predicted molar refractivity (Wildman–Crippen MR) is 71.6 cm³/mol. The van der Waals surface area contributed by atoms with E-state index in [4.69, 9.17) is 10.5 Å². The molecule has 0 radical (unpaired) electrons. The van der Waals surface area contributed by atoms with Gasteiger partial charge in [0, 0.05) is 13.1 Å². The summed E-state index contributed by atoms with van der Waals surface area (Å²) in [6.07, 6.45) is -0.458. The van der Waals surface area contributed by atoms with Gasteiger partial charge < -0.3 is 15.4 Å². The molecule has 2 rings (SSSR count). The molecule has 0 bridgehead atoms. The number of hydrogen-bond donors (Lipinski definition) is 1. The fourth-order valence-electron chi connectivity index (χ4n) is 2.01. The van der Waals surface area contributed by atoms with E-state index in [0.717, 1.165) is 22.6 Å². The number of rotatable bonds is 3. The zero-order valence-corrected chi connectivity index (χ0v) is 10.8. The van der Waals surface area contributed by atoms with Crippen molar-refractivity contribution in [1.29, 1.82) is 0 Å². The number of carbonyl (C=O) groups is 1. The maximum absolute atomic E-state index is 12.2. The Morgan fingerprint density at radius 1 is 1.56 bits per heavy atom. The van der Waals surface area contributed by atoms with Crippen molar-refractivity contribution in [3.8, 4) is 5.75 Å². The van der Waals surface area contributed by atoms with Gasteiger partial charge in [0.2, 0.25) is 0 Å². The third kappa shape index (κ3) is 2.24. The van der Waals surface area contributed by atoms with Crippen molar-refractivity contribution < 1.29 is 9.53 Å². The summed E-state index contributed by atoms with van der Waals surface area (Å²) >= 11 is 0. The minimum Gasteiger partial charge on any atom is -0.479 e. The standard InChI is InChI=1S/C14H18N2O2/c1-9(2)8-16-12-6-11(7-15)4-5-13(12)18-10(3)14(16)17/h4-6,10H,1,7-8,15H2,2-3H3. The van der Waals surface area contributed by atoms with Gasteiger partial charge in [-0.3, -0.25) is 4.79 Å². The molecule has 1 aromatic rings. The topological polar surface area (TPSA) is 55.6 Å². The van der Waals surface area contributed by atoms with Crippen molar-refractivity contribution in [2.45, 2.75) is 26.5 Å². The van der Waals surface area contributed by atoms with Crippen molar-refractivity contribution in [2.24, 2.45) is 5.73 Å². The van der Waals surface area contributed by atoms with E-state index in [9.17, 15) is 4.79 Å². The van der Waals surface area contributed by atoms with Crippen LogP contribution in [0.5, 0.6) is 5.75 Å². The minimum atomic E-state index is -0.458. The Bertz CT molecular complexity index is 497. The Morgan fingerprint density at radius 2 is 2.28 bits per heavy atom. The minimum absolute atomic E-state index is 0.0420. The lowest BCUT2D eigenvalue weighted by molar-refractivity contribution is -0.125. The molecule has 1 atom stereocenters. The number of nitrogens with two attached hydrogens (primary N) is 1. The van der Waals surface area contributed by atoms with Crippen LogP contribution in [-0.2, 0) is 11.3 Å². The zero-order chi connectivity index (χ0) is 13.3. The average Bonchev–Trinajstić information content (AvgIpc) is 2.34. The Kier molecular flexibility index (Phi) is 3.39. The first kappa shape index (κ1) is 12.6. The fourth-order valence-corrected chi connectivity index (χ4v) is 2.01. The van der Waals surface area contributed by atoms with E-state index in [1.807, 2.05) is 25.1 Å². The summed E-state index contributed by atoms with van der Waals surface area (Å²) in [5.74, 6) is 0.681. The Balaban J connectivity index is 2.45. The van der Waals surface area contributed by atoms with Crippen LogP contribution in [0.1, 0.15) is 19.4 Å². The molecule has 4 nitrogen and oxygen atoms in total. The van der Waals surface area contributed by atoms with Crippen molar-refractivity contribution in [3.63, 3.8) is 0 Å². The van der Waals surface area contributed by atoms with Gasteiger partial charge in [-0.05, 0) is 31.5 Å². The van der Waals surface area contributed by atoms with Crippen LogP contribution in [0.3, 0.4) is 0 Å². The second-order valence-electron chi connectivity index (χ2n) is 4.65. The fraction of sp³-hybridized carbons (Fsp3) is 0.357. The van der Waals surface area contributed by atoms with E-state index in [1.54, 1.807) is 11.8 Å². The number of nitrogens with zero attached hydrogens (tertiary/aromatic N) is 1. The van der Waals surface area contributed by atoms with E-state index < -0.39 is 6.10 Å². The predicted octanol–water partition coefficient (Wildman–Crippen LogP) is 1.84. The monoisotopic (exact) mass is 246 g/mol. The molecule has 2 N–H and O–H groups in total. The molecule has 1 amide bonds. The van der Waals surface area contributed by atoms with Crippen LogP contribution in [0, 0.1) is 0 Å². The maximum atomic E-state index is 12.2. The quantitative estimate of drug-likeness (QED) is 0.828. The van der Waals surface area contributed by atoms with E-state index in [1.165, 1.54) is 0 Å². The lowest BCUT2D eigenvalue weighted by atomic mass is 10.1. The molecule has 0 fully saturated rings. The molecule has 0 spiro atoms. The van der Waals surface area contributed by atoms with Gasteiger partial charge in [0.1, 0.15) is 5.75 Å². The molecule has 1 aromatic carbocycles. The Morgan fingerprint density at radius 3 is 2.89 bits per heavy atom. The molecule has 18 heavy (non-hydrogen) atoms. The third-order valence-corrected chi connectivity index (χ3v) is 2.90. The molecular weight excluding hydrogens is 228 g/mol. The summed E-state index contributed by atoms with van der Waals surface area (Å²) in [7, 11) is 0. The summed E-state index contributed by atoms with van der Waals surface area (Å²) in [5.41, 5.74) is 8.32. The Labute approximate surface area is 107 Å². The first-order valence-electron chi connectivity index (χ1n) is 5.98. The highest BCUT2D eigenvalue weighted by Gasteiger charge is 2.31. The van der Waals surface area contributed by atoms with E-state index >= 15 is 0 Å². The smallest absolute Gasteiger partial charge is 0.268 e. The van der Waals surface area contributed by atoms with Crippen LogP contribution in [0.25, 0.3) is 0 Å². The summed E-state index contributed by atoms with van der Waals surface area (Å²) in [6.45, 7) is 8.47. The van der Waals surface area contributed by atoms with Gasteiger partial charge in [0.25, 0.3) is 5.91 Å². The number of amides is 1. The van der Waals surface area contributed by atoms with E-state index in [2.05, 4.69) is 6.58 Å². The van der Waals surface area contributed by atoms with Crippen LogP contribution in [-0.4, -0.2) is 18.6 Å². The van der Waals surface area contributed by atoms with Crippen molar-refractivity contribution >= 4 is 11.6 Å². The summed E-state index contributed by atoms with van der Waals surface area (Å²) in [6, 6.07) is 5.69. The lowest BCUT2D eigenvalue weighted by Crippen LogP contribution is -2.45. The third-order valence-electron chi connectivity index (χ3n) is 2.90. The summed E-state index contributed by atoms with van der Waals surface area (Å²) in [4.78, 5) is 13.9. The first-order valence-corrected chi connectivity index (χ1v) is 5.98. The number of carbonyl (C=O) groups excluding carboxylic acids is 1. The van der Waals surface area contributed by atoms with Crippen molar-refractivity contribution in [1.82, 2.24) is 0 Å². The van der Waals surface area contributed by atoms with Gasteiger partial charge in [-0.15, -0.1) is 0 Å². The van der Waals surface area contributed by atoms with Crippen molar-refractivity contribution in [3.05, 3.63) is 35.9 Å². The van der Waals surface area contributed by atoms with Gasteiger partial charge in [-0.2, -0.15) is 0 Å². The van der Waals surface area contributed by atoms with Gasteiger partial charge in [-0.1, -0.05) is 18.2 Å². The molecule has 0 aromatic heterocycles. The molecule has 1 aliphatic rings. The molecule has 1 aliphatic heterocycles. The van der Waals surface area contributed by atoms with Crippen LogP contribution in [0.2, 0.25) is 0 Å². The molecule has 96 valence electrons. The lowest BCUT2D eigenvalue weighted by Gasteiger charge is -2.33. The van der Waals surface area contributed by atoms with Gasteiger partial charge in [0.05, 0.1) is 5.69 Å². The highest BCUT2D eigenvalue weighted by molar-refractivity contribution is 6.00. The van der Waals surface area contributed by atoms with Crippen LogP contribution in [0.15, 0.2) is 30.4 Å². The van der Waals surface area contributed by atoms with Gasteiger partial charge in [0.15, 0.2) is 6.10 Å². The first-order chi connectivity index (χ1) is 8.52. The van der Waals surface area contributed by atoms with Crippen LogP contribution in [0.4, 0.5) is 5.69 Å². The molecule has 1 heterocycles. The molecule has 0 saturated carbocycles. The number of hydrogen-bond acceptors (Lipinski definition) is 3. The molecule has 1 unspecified atom stereocenters. The van der Waals surface area contributed by atoms with E-state index in [0.29, 0.717) is 13.1 Å². The summed E-state index contributed by atoms with van der Waals surface area (Å²) in [5, 5.41) is 0.